The van der Waals surface area contributed by atoms with E-state index in [2.05, 4.69) is 23.7 Å². The van der Waals surface area contributed by atoms with E-state index in [1.165, 1.54) is 4.90 Å². The van der Waals surface area contributed by atoms with Crippen LogP contribution in [0.5, 0.6) is 11.5 Å². The summed E-state index contributed by atoms with van der Waals surface area (Å²) in [5.74, 6) is 0.670. The van der Waals surface area contributed by atoms with E-state index < -0.39 is 11.6 Å². The van der Waals surface area contributed by atoms with Gasteiger partial charge >= 0.3 is 6.03 Å². The van der Waals surface area contributed by atoms with E-state index in [0.29, 0.717) is 19.5 Å². The van der Waals surface area contributed by atoms with Gasteiger partial charge < -0.3 is 19.7 Å². The number of phenolic OH excluding ortho intramolecular Hbond substituents is 1. The van der Waals surface area contributed by atoms with Crippen LogP contribution in [-0.2, 0) is 11.2 Å². The largest absolute Gasteiger partial charge is 0.508 e. The van der Waals surface area contributed by atoms with E-state index >= 15 is 0 Å². The van der Waals surface area contributed by atoms with Crippen molar-refractivity contribution in [3.8, 4) is 11.5 Å². The molecule has 8 heteroatoms. The third-order valence-corrected chi connectivity index (χ3v) is 7.59. The van der Waals surface area contributed by atoms with Crippen LogP contribution in [0, 0.1) is 0 Å². The molecule has 3 amide bonds. The van der Waals surface area contributed by atoms with E-state index in [0.717, 1.165) is 46.6 Å². The molecule has 35 heavy (non-hydrogen) atoms. The van der Waals surface area contributed by atoms with Crippen LogP contribution in [-0.4, -0.2) is 75.6 Å². The number of likely N-dealkylation sites (N-methyl/N-ethyl adjacent to an activating group) is 1. The number of carbonyl (C=O) groups is 2. The van der Waals surface area contributed by atoms with E-state index in [9.17, 15) is 14.7 Å². The molecule has 0 radical (unpaired) electrons. The van der Waals surface area contributed by atoms with Gasteiger partial charge in [-0.25, -0.2) is 4.79 Å². The Balaban J connectivity index is 1.65. The number of urea groups is 1. The number of methoxy groups -OCH3 is 1. The van der Waals surface area contributed by atoms with E-state index in [4.69, 9.17) is 4.74 Å². The molecule has 2 aromatic carbocycles. The predicted molar refractivity (Wildman–Crippen MR) is 134 cm³/mol. The summed E-state index contributed by atoms with van der Waals surface area (Å²) in [4.78, 5) is 36.5. The third kappa shape index (κ3) is 3.55. The number of aromatic amines is 1. The van der Waals surface area contributed by atoms with Gasteiger partial charge in [0, 0.05) is 36.1 Å². The molecule has 184 valence electrons. The number of amides is 3. The van der Waals surface area contributed by atoms with Crippen molar-refractivity contribution in [3.05, 3.63) is 59.3 Å². The van der Waals surface area contributed by atoms with Gasteiger partial charge in [0.05, 0.1) is 7.11 Å². The minimum atomic E-state index is -1.04. The van der Waals surface area contributed by atoms with E-state index in [-0.39, 0.29) is 17.7 Å². The first-order chi connectivity index (χ1) is 16.8. The number of nitrogens with zero attached hydrogens (tertiary/aromatic N) is 3. The number of carbonyl (C=O) groups excluding carboxylic acids is 2. The lowest BCUT2D eigenvalue weighted by atomic mass is 9.81. The molecule has 0 spiro atoms. The lowest BCUT2D eigenvalue weighted by molar-refractivity contribution is -0.133. The fraction of sp³-hybridized carbons (Fsp3) is 0.407. The molecule has 2 aliphatic rings. The summed E-state index contributed by atoms with van der Waals surface area (Å²) in [6.07, 6.45) is 0.400. The first kappa shape index (κ1) is 23.2. The molecular formula is C27H32N4O4. The normalized spacial score (nSPS) is 21.7. The average molecular weight is 477 g/mol. The second-order valence-corrected chi connectivity index (χ2v) is 9.51. The number of phenols is 1. The van der Waals surface area contributed by atoms with Crippen molar-refractivity contribution in [2.75, 3.05) is 33.3 Å². The predicted octanol–water partition coefficient (Wildman–Crippen LogP) is 3.89. The minimum absolute atomic E-state index is 0.116. The Bertz CT molecular complexity index is 1300. The zero-order valence-electron chi connectivity index (χ0n) is 20.7. The lowest BCUT2D eigenvalue weighted by Gasteiger charge is -2.42. The quantitative estimate of drug-likeness (QED) is 0.505. The van der Waals surface area contributed by atoms with Gasteiger partial charge in [-0.15, -0.1) is 0 Å². The number of H-pyrrole nitrogens is 1. The second kappa shape index (κ2) is 8.61. The number of nitrogens with one attached hydrogen (secondary N) is 1. The number of aromatic hydroxyl groups is 1. The molecule has 5 rings (SSSR count). The molecule has 0 aliphatic carbocycles. The molecule has 3 heterocycles. The number of fused-ring (bicyclic) bond motifs is 4. The molecule has 1 saturated heterocycles. The Morgan fingerprint density at radius 1 is 1.17 bits per heavy atom. The highest BCUT2D eigenvalue weighted by Crippen LogP contribution is 2.49. The molecule has 1 fully saturated rings. The van der Waals surface area contributed by atoms with Crippen LogP contribution in [0.2, 0.25) is 0 Å². The van der Waals surface area contributed by atoms with Gasteiger partial charge in [0.25, 0.3) is 5.91 Å². The van der Waals surface area contributed by atoms with Gasteiger partial charge in [-0.1, -0.05) is 26.0 Å². The summed E-state index contributed by atoms with van der Waals surface area (Å²) in [6, 6.07) is 11.9. The van der Waals surface area contributed by atoms with Gasteiger partial charge in [-0.05, 0) is 61.5 Å². The molecule has 0 bridgehead atoms. The van der Waals surface area contributed by atoms with Crippen molar-refractivity contribution in [2.24, 2.45) is 0 Å². The van der Waals surface area contributed by atoms with Crippen LogP contribution in [0.25, 0.3) is 10.9 Å². The fourth-order valence-corrected chi connectivity index (χ4v) is 5.64. The maximum atomic E-state index is 13.9. The van der Waals surface area contributed by atoms with Crippen LogP contribution < -0.4 is 4.74 Å². The minimum Gasteiger partial charge on any atom is -0.508 e. The molecule has 3 aromatic rings. The Morgan fingerprint density at radius 2 is 1.94 bits per heavy atom. The molecule has 8 nitrogen and oxygen atoms in total. The molecule has 2 atom stereocenters. The SMILES string of the molecule is CCN(CC)CCN1C(=O)N2[C@H](c3cccc(O)c3)c3[nH]c4ccc(OC)cc4c3C[C@@]2(C)C1=O. The van der Waals surface area contributed by atoms with Gasteiger partial charge in [-0.3, -0.25) is 14.6 Å². The second-order valence-electron chi connectivity index (χ2n) is 9.51. The summed E-state index contributed by atoms with van der Waals surface area (Å²) in [7, 11) is 1.63. The zero-order chi connectivity index (χ0) is 24.9. The van der Waals surface area contributed by atoms with E-state index in [1.54, 1.807) is 30.2 Å². The maximum absolute atomic E-state index is 13.9. The summed E-state index contributed by atoms with van der Waals surface area (Å²) in [5, 5.41) is 11.2. The molecular weight excluding hydrogens is 444 g/mol. The number of imide groups is 1. The topological polar surface area (TPSA) is 89.1 Å². The van der Waals surface area contributed by atoms with Crippen molar-refractivity contribution in [3.63, 3.8) is 0 Å². The van der Waals surface area contributed by atoms with Gasteiger partial charge in [0.2, 0.25) is 0 Å². The number of hydrogen-bond acceptors (Lipinski definition) is 5. The smallest absolute Gasteiger partial charge is 0.328 e. The van der Waals surface area contributed by atoms with Crippen molar-refractivity contribution >= 4 is 22.8 Å². The Kier molecular flexibility index (Phi) is 5.71. The van der Waals surface area contributed by atoms with Crippen LogP contribution in [0.15, 0.2) is 42.5 Å². The molecule has 2 N–H and O–H groups in total. The standard InChI is InChI=1S/C27H32N4O4/c1-5-29(6-2)12-13-30-25(33)27(3)16-21-20-15-19(35-4)10-11-22(20)28-23(21)24(31(27)26(30)34)17-8-7-9-18(32)14-17/h7-11,14-15,24,28,32H,5-6,12-13,16H2,1-4H3/t24-,27+/m1/s1. The number of hydrogen-bond donors (Lipinski definition) is 2. The van der Waals surface area contributed by atoms with Crippen molar-refractivity contribution in [2.45, 2.75) is 38.8 Å². The first-order valence-corrected chi connectivity index (χ1v) is 12.2. The highest BCUT2D eigenvalue weighted by Gasteiger charge is 2.60. The van der Waals surface area contributed by atoms with Gasteiger partial charge in [0.15, 0.2) is 0 Å². The third-order valence-electron chi connectivity index (χ3n) is 7.59. The monoisotopic (exact) mass is 476 g/mol. The Labute approximate surface area is 205 Å². The highest BCUT2D eigenvalue weighted by molar-refractivity contribution is 6.08. The summed E-state index contributed by atoms with van der Waals surface area (Å²) in [6.45, 7) is 8.71. The summed E-state index contributed by atoms with van der Waals surface area (Å²) < 4.78 is 5.46. The van der Waals surface area contributed by atoms with Crippen LogP contribution in [0.1, 0.15) is 43.6 Å². The first-order valence-electron chi connectivity index (χ1n) is 12.2. The van der Waals surface area contributed by atoms with Gasteiger partial charge in [0.1, 0.15) is 23.1 Å². The average Bonchev–Trinajstić information content (AvgIpc) is 3.30. The van der Waals surface area contributed by atoms with Gasteiger partial charge in [-0.2, -0.15) is 0 Å². The van der Waals surface area contributed by atoms with Crippen LogP contribution >= 0.6 is 0 Å². The maximum Gasteiger partial charge on any atom is 0.328 e. The summed E-state index contributed by atoms with van der Waals surface area (Å²) in [5.41, 5.74) is 2.49. The highest BCUT2D eigenvalue weighted by atomic mass is 16.5. The van der Waals surface area contributed by atoms with E-state index in [1.807, 2.05) is 31.2 Å². The Morgan fingerprint density at radius 3 is 2.63 bits per heavy atom. The number of benzene rings is 2. The van der Waals surface area contributed by atoms with Crippen molar-refractivity contribution in [1.82, 2.24) is 19.7 Å². The zero-order valence-corrected chi connectivity index (χ0v) is 20.7. The molecule has 0 unspecified atom stereocenters. The fourth-order valence-electron chi connectivity index (χ4n) is 5.64. The number of aromatic nitrogens is 1. The molecule has 1 aromatic heterocycles. The number of rotatable bonds is 7. The molecule has 0 saturated carbocycles. The number of ether oxygens (including phenoxy) is 1. The van der Waals surface area contributed by atoms with Crippen LogP contribution in [0.3, 0.4) is 0 Å². The lowest BCUT2D eigenvalue weighted by Crippen LogP contribution is -2.53. The van der Waals surface area contributed by atoms with Crippen molar-refractivity contribution < 1.29 is 19.4 Å². The molecule has 2 aliphatic heterocycles. The summed E-state index contributed by atoms with van der Waals surface area (Å²) >= 11 is 0. The Hall–Kier alpha value is -3.52. The van der Waals surface area contributed by atoms with Crippen molar-refractivity contribution in [1.29, 1.82) is 0 Å². The van der Waals surface area contributed by atoms with Crippen LogP contribution in [0.4, 0.5) is 4.79 Å².